The molecule has 2 atom stereocenters. The highest BCUT2D eigenvalue weighted by Crippen LogP contribution is 2.27. The third-order valence-corrected chi connectivity index (χ3v) is 5.92. The molecule has 1 aliphatic heterocycles. The van der Waals surface area contributed by atoms with Crippen molar-refractivity contribution in [3.8, 4) is 5.75 Å². The van der Waals surface area contributed by atoms with E-state index in [1.165, 1.54) is 11.8 Å². The normalized spacial score (nSPS) is 15.6. The minimum absolute atomic E-state index is 0.0876. The Morgan fingerprint density at radius 3 is 2.41 bits per heavy atom. The fourth-order valence-corrected chi connectivity index (χ4v) is 3.89. The quantitative estimate of drug-likeness (QED) is 0.437. The largest absolute Gasteiger partial charge is 0.484 e. The summed E-state index contributed by atoms with van der Waals surface area (Å²) in [5, 5.41) is 14.3. The van der Waals surface area contributed by atoms with E-state index in [0.29, 0.717) is 17.1 Å². The van der Waals surface area contributed by atoms with Crippen LogP contribution in [-0.2, 0) is 21.0 Å². The van der Waals surface area contributed by atoms with Crippen molar-refractivity contribution >= 4 is 29.1 Å². The van der Waals surface area contributed by atoms with Gasteiger partial charge in [0, 0.05) is 18.2 Å². The average Bonchev–Trinajstić information content (AvgIpc) is 3.03. The van der Waals surface area contributed by atoms with Crippen LogP contribution in [0.2, 0.25) is 0 Å². The number of benzodiazepines with no additional fused rings is 1. The number of carbonyl (C=O) groups is 3. The lowest BCUT2D eigenvalue weighted by Gasteiger charge is -2.22. The van der Waals surface area contributed by atoms with Gasteiger partial charge in [0.05, 0.1) is 18.0 Å². The van der Waals surface area contributed by atoms with Gasteiger partial charge in [-0.2, -0.15) is 0 Å². The Morgan fingerprint density at radius 1 is 1.03 bits per heavy atom. The number of carbonyl (C=O) groups excluding carboxylic acids is 3. The number of likely N-dealkylation sites (N-methyl/N-ethyl adjacent to an activating group) is 1. The molecule has 0 aromatic heterocycles. The van der Waals surface area contributed by atoms with E-state index in [1.807, 2.05) is 54.6 Å². The van der Waals surface area contributed by atoms with Gasteiger partial charge in [-0.15, -0.1) is 0 Å². The number of benzene rings is 3. The number of para-hydroxylation sites is 1. The highest BCUT2D eigenvalue weighted by molar-refractivity contribution is 6.20. The van der Waals surface area contributed by atoms with Crippen LogP contribution in [-0.4, -0.2) is 54.4 Å². The zero-order valence-electron chi connectivity index (χ0n) is 20.5. The first kappa shape index (κ1) is 25.6. The van der Waals surface area contributed by atoms with E-state index in [-0.39, 0.29) is 13.2 Å². The molecule has 0 spiro atoms. The first-order chi connectivity index (χ1) is 17.9. The van der Waals surface area contributed by atoms with E-state index < -0.39 is 29.9 Å². The molecule has 0 bridgehead atoms. The molecule has 190 valence electrons. The second-order valence-corrected chi connectivity index (χ2v) is 8.55. The fourth-order valence-electron chi connectivity index (χ4n) is 3.89. The Balaban J connectivity index is 1.45. The molecule has 0 radical (unpaired) electrons. The molecule has 4 rings (SSSR count). The monoisotopic (exact) mass is 500 g/mol. The number of fused-ring (bicyclic) bond motifs is 1. The van der Waals surface area contributed by atoms with E-state index in [1.54, 1.807) is 31.3 Å². The van der Waals surface area contributed by atoms with Crippen LogP contribution in [0.25, 0.3) is 0 Å². The summed E-state index contributed by atoms with van der Waals surface area (Å²) in [7, 11) is 1.64. The molecule has 1 heterocycles. The van der Waals surface area contributed by atoms with Crippen LogP contribution < -0.4 is 20.3 Å². The third-order valence-electron chi connectivity index (χ3n) is 5.92. The fraction of sp³-hybridized carbons (Fsp3) is 0.214. The summed E-state index contributed by atoms with van der Waals surface area (Å²) in [6.45, 7) is 1.13. The van der Waals surface area contributed by atoms with E-state index in [0.717, 1.165) is 16.7 Å². The van der Waals surface area contributed by atoms with Gasteiger partial charge in [0.25, 0.3) is 11.8 Å². The van der Waals surface area contributed by atoms with Gasteiger partial charge in [0.15, 0.2) is 6.61 Å². The van der Waals surface area contributed by atoms with Gasteiger partial charge in [0.2, 0.25) is 12.1 Å². The molecular weight excluding hydrogens is 472 g/mol. The number of amides is 3. The molecule has 3 aromatic carbocycles. The maximum absolute atomic E-state index is 13.3. The molecular formula is C28H28N4O5. The molecule has 3 aromatic rings. The van der Waals surface area contributed by atoms with Crippen LogP contribution in [0.4, 0.5) is 5.69 Å². The second kappa shape index (κ2) is 11.5. The molecule has 0 fully saturated rings. The number of nitrogens with zero attached hydrogens (tertiary/aromatic N) is 2. The van der Waals surface area contributed by atoms with Crippen LogP contribution >= 0.6 is 0 Å². The van der Waals surface area contributed by atoms with E-state index >= 15 is 0 Å². The maximum atomic E-state index is 13.3. The highest BCUT2D eigenvalue weighted by atomic mass is 16.5. The SMILES string of the molecule is C[C@H](NC(=O)COc1ccc(CO)cc1)C(=O)N[C@H]1N=C(c2ccccc2)c2ccccc2N(C)C1=O. The van der Waals surface area contributed by atoms with E-state index in [9.17, 15) is 14.4 Å². The number of hydrogen-bond donors (Lipinski definition) is 3. The molecule has 3 amide bonds. The molecule has 9 heteroatoms. The average molecular weight is 501 g/mol. The number of hydrogen-bond acceptors (Lipinski definition) is 6. The number of nitrogens with one attached hydrogen (secondary N) is 2. The predicted molar refractivity (Wildman–Crippen MR) is 139 cm³/mol. The zero-order chi connectivity index (χ0) is 26.4. The number of anilines is 1. The van der Waals surface area contributed by atoms with Crippen molar-refractivity contribution in [1.29, 1.82) is 0 Å². The lowest BCUT2D eigenvalue weighted by molar-refractivity contribution is -0.131. The number of aliphatic imine (C=N–C) groups is 1. The molecule has 1 aliphatic rings. The molecule has 0 aliphatic carbocycles. The Hall–Kier alpha value is -4.50. The Labute approximate surface area is 214 Å². The van der Waals surface area contributed by atoms with Gasteiger partial charge in [-0.3, -0.25) is 14.4 Å². The van der Waals surface area contributed by atoms with Crippen molar-refractivity contribution in [1.82, 2.24) is 10.6 Å². The number of ether oxygens (including phenoxy) is 1. The summed E-state index contributed by atoms with van der Waals surface area (Å²) in [4.78, 5) is 44.7. The maximum Gasteiger partial charge on any atom is 0.272 e. The van der Waals surface area contributed by atoms with Gasteiger partial charge in [-0.25, -0.2) is 4.99 Å². The van der Waals surface area contributed by atoms with Crippen molar-refractivity contribution in [2.24, 2.45) is 4.99 Å². The lowest BCUT2D eigenvalue weighted by atomic mass is 10.0. The summed E-state index contributed by atoms with van der Waals surface area (Å²) in [5.74, 6) is -1.01. The van der Waals surface area contributed by atoms with E-state index in [4.69, 9.17) is 9.84 Å². The van der Waals surface area contributed by atoms with Gasteiger partial charge in [-0.05, 0) is 30.7 Å². The van der Waals surface area contributed by atoms with E-state index in [2.05, 4.69) is 15.6 Å². The lowest BCUT2D eigenvalue weighted by Crippen LogP contribution is -2.52. The number of aliphatic hydroxyl groups excluding tert-OH is 1. The predicted octanol–water partition coefficient (Wildman–Crippen LogP) is 2.02. The molecule has 37 heavy (non-hydrogen) atoms. The van der Waals surface area contributed by atoms with Crippen LogP contribution in [0.5, 0.6) is 5.75 Å². The standard InChI is InChI=1S/C28H28N4O5/c1-18(29-24(34)17-37-21-14-12-19(16-33)13-15-21)27(35)31-26-28(36)32(2)23-11-7-6-10-22(23)25(30-26)20-8-4-3-5-9-20/h3-15,18,26,33H,16-17H2,1-2H3,(H,29,34)(H,31,35)/t18-,26+/m0/s1. The summed E-state index contributed by atoms with van der Waals surface area (Å²) >= 11 is 0. The van der Waals surface area contributed by atoms with Gasteiger partial charge in [0.1, 0.15) is 11.8 Å². The molecule has 0 unspecified atom stereocenters. The van der Waals surface area contributed by atoms with Crippen LogP contribution in [0.1, 0.15) is 23.6 Å². The van der Waals surface area contributed by atoms with Gasteiger partial charge < -0.3 is 25.4 Å². The molecule has 3 N–H and O–H groups in total. The van der Waals surface area contributed by atoms with Crippen molar-refractivity contribution in [2.45, 2.75) is 25.7 Å². The number of rotatable bonds is 8. The Kier molecular flexibility index (Phi) is 7.95. The van der Waals surface area contributed by atoms with Crippen LogP contribution in [0.3, 0.4) is 0 Å². The second-order valence-electron chi connectivity index (χ2n) is 8.55. The minimum atomic E-state index is -1.18. The number of aliphatic hydroxyl groups is 1. The summed E-state index contributed by atoms with van der Waals surface area (Å²) in [6, 6.07) is 22.6. The van der Waals surface area contributed by atoms with Crippen molar-refractivity contribution in [3.05, 3.63) is 95.6 Å². The zero-order valence-corrected chi connectivity index (χ0v) is 20.5. The topological polar surface area (TPSA) is 120 Å². The first-order valence-electron chi connectivity index (χ1n) is 11.8. The molecule has 0 saturated carbocycles. The minimum Gasteiger partial charge on any atom is -0.484 e. The van der Waals surface area contributed by atoms with Crippen molar-refractivity contribution < 1.29 is 24.2 Å². The first-order valence-corrected chi connectivity index (χ1v) is 11.8. The van der Waals surface area contributed by atoms with Crippen LogP contribution in [0.15, 0.2) is 83.9 Å². The summed E-state index contributed by atoms with van der Waals surface area (Å²) in [5.41, 5.74) is 3.56. The Bertz CT molecular complexity index is 1310. The summed E-state index contributed by atoms with van der Waals surface area (Å²) in [6.07, 6.45) is -1.18. The van der Waals surface area contributed by atoms with Crippen molar-refractivity contribution in [2.75, 3.05) is 18.6 Å². The molecule has 0 saturated heterocycles. The smallest absolute Gasteiger partial charge is 0.272 e. The van der Waals surface area contributed by atoms with Crippen molar-refractivity contribution in [3.63, 3.8) is 0 Å². The van der Waals surface area contributed by atoms with Gasteiger partial charge in [-0.1, -0.05) is 60.7 Å². The highest BCUT2D eigenvalue weighted by Gasteiger charge is 2.32. The third kappa shape index (κ3) is 6.02. The Morgan fingerprint density at radius 2 is 1.70 bits per heavy atom. The molecule has 9 nitrogen and oxygen atoms in total. The van der Waals surface area contributed by atoms with Gasteiger partial charge >= 0.3 is 0 Å². The summed E-state index contributed by atoms with van der Waals surface area (Å²) < 4.78 is 5.44. The van der Waals surface area contributed by atoms with Crippen LogP contribution in [0, 0.1) is 0 Å².